The minimum atomic E-state index is -1.17. The number of benzene rings is 2. The van der Waals surface area contributed by atoms with Gasteiger partial charge in [0.05, 0.1) is 6.04 Å². The summed E-state index contributed by atoms with van der Waals surface area (Å²) >= 11 is 0. The number of carboxylic acid groups (broad SMARTS) is 1. The molecule has 4 aromatic rings. The van der Waals surface area contributed by atoms with Crippen LogP contribution in [0.25, 0.3) is 21.8 Å². The molecule has 3 heterocycles. The Labute approximate surface area is 249 Å². The maximum absolute atomic E-state index is 13.7. The summed E-state index contributed by atoms with van der Waals surface area (Å²) in [6, 6.07) is 11.5. The third-order valence-corrected chi connectivity index (χ3v) is 8.23. The standard InChI is InChI=1S/C32H38N6O5/c1-18(2)28(37-29(39)23(33)14-19-16-34-24-10-5-3-8-21(19)24)31(41)38-13-7-12-27(38)30(40)36-26(32(42)43)15-20-17-35-25-11-6-4-9-22(20)25/h3-6,8-11,16-18,23,26-28,34-35H,7,12-15,33H2,1-2H3,(H,36,40)(H,37,39)(H,42,43). The van der Waals surface area contributed by atoms with Gasteiger partial charge in [-0.25, -0.2) is 4.79 Å². The van der Waals surface area contributed by atoms with E-state index in [0.29, 0.717) is 19.4 Å². The van der Waals surface area contributed by atoms with E-state index in [1.54, 1.807) is 6.20 Å². The monoisotopic (exact) mass is 586 g/mol. The number of hydrogen-bond donors (Lipinski definition) is 6. The number of hydrogen-bond acceptors (Lipinski definition) is 5. The van der Waals surface area contributed by atoms with Crippen LogP contribution in [0.3, 0.4) is 0 Å². The highest BCUT2D eigenvalue weighted by atomic mass is 16.4. The lowest BCUT2D eigenvalue weighted by molar-refractivity contribution is -0.145. The fourth-order valence-electron chi connectivity index (χ4n) is 5.87. The van der Waals surface area contributed by atoms with Gasteiger partial charge in [0, 0.05) is 47.2 Å². The number of carbonyl (C=O) groups is 4. The number of carbonyl (C=O) groups excluding carboxylic acids is 3. The molecule has 1 saturated heterocycles. The number of aromatic nitrogens is 2. The molecule has 11 nitrogen and oxygen atoms in total. The normalized spacial score (nSPS) is 17.2. The molecular formula is C32H38N6O5. The maximum atomic E-state index is 13.7. The molecule has 3 amide bonds. The highest BCUT2D eigenvalue weighted by molar-refractivity contribution is 5.95. The molecule has 2 aromatic heterocycles. The molecule has 0 saturated carbocycles. The highest BCUT2D eigenvalue weighted by Gasteiger charge is 2.40. The highest BCUT2D eigenvalue weighted by Crippen LogP contribution is 2.23. The molecule has 11 heteroatoms. The Morgan fingerprint density at radius 2 is 1.51 bits per heavy atom. The molecule has 4 atom stereocenters. The van der Waals surface area contributed by atoms with E-state index in [4.69, 9.17) is 5.73 Å². The summed E-state index contributed by atoms with van der Waals surface area (Å²) in [5, 5.41) is 17.3. The van der Waals surface area contributed by atoms with Crippen molar-refractivity contribution in [2.75, 3.05) is 6.54 Å². The van der Waals surface area contributed by atoms with Crippen LogP contribution in [-0.2, 0) is 32.0 Å². The van der Waals surface area contributed by atoms with Crippen molar-refractivity contribution >= 4 is 45.5 Å². The number of fused-ring (bicyclic) bond motifs is 2. The zero-order valence-electron chi connectivity index (χ0n) is 24.3. The minimum absolute atomic E-state index is 0.0880. The molecule has 1 aliphatic rings. The fraction of sp³-hybridized carbons (Fsp3) is 0.375. The van der Waals surface area contributed by atoms with Gasteiger partial charge in [0.1, 0.15) is 18.1 Å². The first-order valence-electron chi connectivity index (χ1n) is 14.6. The second kappa shape index (κ2) is 12.7. The van der Waals surface area contributed by atoms with Crippen LogP contribution in [0.15, 0.2) is 60.9 Å². The van der Waals surface area contributed by atoms with Crippen LogP contribution in [0.2, 0.25) is 0 Å². The van der Waals surface area contributed by atoms with Crippen LogP contribution >= 0.6 is 0 Å². The third-order valence-electron chi connectivity index (χ3n) is 8.23. The van der Waals surface area contributed by atoms with E-state index in [1.807, 2.05) is 68.6 Å². The maximum Gasteiger partial charge on any atom is 0.326 e. The number of H-pyrrole nitrogens is 2. The van der Waals surface area contributed by atoms with E-state index in [1.165, 1.54) is 4.90 Å². The predicted molar refractivity (Wildman–Crippen MR) is 163 cm³/mol. The van der Waals surface area contributed by atoms with Crippen molar-refractivity contribution in [3.8, 4) is 0 Å². The van der Waals surface area contributed by atoms with Gasteiger partial charge in [-0.3, -0.25) is 14.4 Å². The summed E-state index contributed by atoms with van der Waals surface area (Å²) in [5.74, 6) is -2.80. The molecule has 0 spiro atoms. The van der Waals surface area contributed by atoms with Gasteiger partial charge < -0.3 is 36.3 Å². The lowest BCUT2D eigenvalue weighted by atomic mass is 10.00. The van der Waals surface area contributed by atoms with Crippen molar-refractivity contribution in [1.29, 1.82) is 0 Å². The fourth-order valence-corrected chi connectivity index (χ4v) is 5.87. The molecule has 226 valence electrons. The minimum Gasteiger partial charge on any atom is -0.480 e. The third kappa shape index (κ3) is 6.41. The average molecular weight is 587 g/mol. The van der Waals surface area contributed by atoms with Crippen molar-refractivity contribution in [2.45, 2.75) is 63.7 Å². The Hall–Kier alpha value is -4.64. The number of nitrogens with two attached hydrogens (primary N) is 1. The number of para-hydroxylation sites is 2. The van der Waals surface area contributed by atoms with Gasteiger partial charge in [-0.05, 0) is 48.4 Å². The Morgan fingerprint density at radius 3 is 2.09 bits per heavy atom. The Kier molecular flexibility index (Phi) is 8.81. The lowest BCUT2D eigenvalue weighted by Crippen LogP contribution is -2.58. The van der Waals surface area contributed by atoms with Gasteiger partial charge in [-0.15, -0.1) is 0 Å². The van der Waals surface area contributed by atoms with Crippen LogP contribution < -0.4 is 16.4 Å². The molecule has 1 aliphatic heterocycles. The van der Waals surface area contributed by atoms with E-state index in [-0.39, 0.29) is 24.7 Å². The number of aliphatic carboxylic acids is 1. The van der Waals surface area contributed by atoms with Gasteiger partial charge in [0.25, 0.3) is 0 Å². The number of nitrogens with zero attached hydrogens (tertiary/aromatic N) is 1. The average Bonchev–Trinajstić information content (AvgIpc) is 3.74. The van der Waals surface area contributed by atoms with E-state index >= 15 is 0 Å². The summed E-state index contributed by atoms with van der Waals surface area (Å²) in [5.41, 5.74) is 9.78. The second-order valence-corrected chi connectivity index (χ2v) is 11.6. The van der Waals surface area contributed by atoms with E-state index in [2.05, 4.69) is 20.6 Å². The second-order valence-electron chi connectivity index (χ2n) is 11.6. The summed E-state index contributed by atoms with van der Waals surface area (Å²) in [4.78, 5) is 60.2. The van der Waals surface area contributed by atoms with E-state index in [9.17, 15) is 24.3 Å². The number of aromatic amines is 2. The van der Waals surface area contributed by atoms with Gasteiger partial charge in [0.2, 0.25) is 17.7 Å². The largest absolute Gasteiger partial charge is 0.480 e. The van der Waals surface area contributed by atoms with Crippen molar-refractivity contribution < 1.29 is 24.3 Å². The molecule has 2 aromatic carbocycles. The molecule has 5 rings (SSSR count). The van der Waals surface area contributed by atoms with Gasteiger partial charge in [-0.1, -0.05) is 50.2 Å². The van der Waals surface area contributed by atoms with Crippen molar-refractivity contribution in [1.82, 2.24) is 25.5 Å². The molecule has 7 N–H and O–H groups in total. The number of likely N-dealkylation sites (tertiary alicyclic amines) is 1. The first kappa shape index (κ1) is 29.8. The van der Waals surface area contributed by atoms with Crippen molar-refractivity contribution in [2.24, 2.45) is 11.7 Å². The topological polar surface area (TPSA) is 173 Å². The van der Waals surface area contributed by atoms with Crippen LogP contribution in [0.5, 0.6) is 0 Å². The SMILES string of the molecule is CC(C)C(NC(=O)C(N)Cc1c[nH]c2ccccc12)C(=O)N1CCCC1C(=O)NC(Cc1c[nH]c2ccccc12)C(=O)O. The van der Waals surface area contributed by atoms with Gasteiger partial charge >= 0.3 is 5.97 Å². The number of rotatable bonds is 11. The van der Waals surface area contributed by atoms with E-state index < -0.39 is 42.0 Å². The summed E-state index contributed by atoms with van der Waals surface area (Å²) < 4.78 is 0. The van der Waals surface area contributed by atoms with Crippen LogP contribution in [-0.4, -0.2) is 74.4 Å². The lowest BCUT2D eigenvalue weighted by Gasteiger charge is -2.31. The molecule has 0 radical (unpaired) electrons. The Balaban J connectivity index is 1.24. The zero-order chi connectivity index (χ0) is 30.7. The summed E-state index contributed by atoms with van der Waals surface area (Å²) in [7, 11) is 0. The molecular weight excluding hydrogens is 548 g/mol. The molecule has 1 fully saturated rings. The summed E-state index contributed by atoms with van der Waals surface area (Å²) in [6.07, 6.45) is 4.94. The molecule has 0 aliphatic carbocycles. The quantitative estimate of drug-likeness (QED) is 0.157. The molecule has 0 bridgehead atoms. The first-order chi connectivity index (χ1) is 20.6. The smallest absolute Gasteiger partial charge is 0.326 e. The van der Waals surface area contributed by atoms with E-state index in [0.717, 1.165) is 32.9 Å². The van der Waals surface area contributed by atoms with Crippen LogP contribution in [0.4, 0.5) is 0 Å². The van der Waals surface area contributed by atoms with Crippen LogP contribution in [0, 0.1) is 5.92 Å². The van der Waals surface area contributed by atoms with Crippen LogP contribution in [0.1, 0.15) is 37.8 Å². The summed E-state index contributed by atoms with van der Waals surface area (Å²) in [6.45, 7) is 3.97. The number of nitrogens with one attached hydrogen (secondary N) is 4. The Bertz CT molecular complexity index is 1640. The van der Waals surface area contributed by atoms with Gasteiger partial charge in [0.15, 0.2) is 0 Å². The number of amides is 3. The first-order valence-corrected chi connectivity index (χ1v) is 14.6. The van der Waals surface area contributed by atoms with Crippen molar-refractivity contribution in [3.63, 3.8) is 0 Å². The molecule has 43 heavy (non-hydrogen) atoms. The number of carboxylic acids is 1. The predicted octanol–water partition coefficient (Wildman–Crippen LogP) is 2.46. The van der Waals surface area contributed by atoms with Gasteiger partial charge in [-0.2, -0.15) is 0 Å². The Morgan fingerprint density at radius 1 is 0.930 bits per heavy atom. The zero-order valence-corrected chi connectivity index (χ0v) is 24.3. The molecule has 4 unspecified atom stereocenters. The van der Waals surface area contributed by atoms with Crippen molar-refractivity contribution in [3.05, 3.63) is 72.1 Å².